The molecule has 1 aromatic heterocycles. The molecule has 5 nitrogen and oxygen atoms in total. The first kappa shape index (κ1) is 16.0. The summed E-state index contributed by atoms with van der Waals surface area (Å²) < 4.78 is 12.9. The van der Waals surface area contributed by atoms with Crippen molar-refractivity contribution in [3.63, 3.8) is 0 Å². The van der Waals surface area contributed by atoms with Crippen LogP contribution in [0, 0.1) is 6.92 Å². The van der Waals surface area contributed by atoms with Crippen molar-refractivity contribution >= 4 is 5.95 Å². The van der Waals surface area contributed by atoms with E-state index in [4.69, 9.17) is 9.47 Å². The van der Waals surface area contributed by atoms with Gasteiger partial charge in [-0.3, -0.25) is 0 Å². The molecule has 5 heteroatoms. The number of imidazole rings is 1. The fourth-order valence-corrected chi connectivity index (χ4v) is 2.07. The van der Waals surface area contributed by atoms with Crippen LogP contribution in [0.1, 0.15) is 32.9 Å². The maximum atomic E-state index is 5.74. The molecule has 1 rings (SSSR count). The highest BCUT2D eigenvalue weighted by Crippen LogP contribution is 2.17. The zero-order valence-corrected chi connectivity index (χ0v) is 12.8. The van der Waals surface area contributed by atoms with Crippen LogP contribution in [0.15, 0.2) is 6.20 Å². The largest absolute Gasteiger partial charge is 0.385 e. The quantitative estimate of drug-likeness (QED) is 0.700. The van der Waals surface area contributed by atoms with Gasteiger partial charge in [-0.2, -0.15) is 0 Å². The number of methoxy groups -OCH3 is 1. The predicted molar refractivity (Wildman–Crippen MR) is 77.7 cm³/mol. The summed E-state index contributed by atoms with van der Waals surface area (Å²) in [5.74, 6) is 0.904. The Balaban J connectivity index is 2.62. The minimum atomic E-state index is -0.190. The standard InChI is InChI=1S/C14H27N3O2/c1-6-19-14(3,4)11-17-10-12(2)16-13(17)15-8-7-9-18-5/h10H,6-9,11H2,1-5H3,(H,15,16). The highest BCUT2D eigenvalue weighted by atomic mass is 16.5. The molecule has 1 aromatic rings. The molecule has 19 heavy (non-hydrogen) atoms. The molecule has 0 aliphatic carbocycles. The Morgan fingerprint density at radius 1 is 1.42 bits per heavy atom. The number of nitrogens with one attached hydrogen (secondary N) is 1. The third-order valence-electron chi connectivity index (χ3n) is 2.79. The van der Waals surface area contributed by atoms with Gasteiger partial charge in [-0.1, -0.05) is 0 Å². The van der Waals surface area contributed by atoms with E-state index >= 15 is 0 Å². The molecule has 0 saturated carbocycles. The Morgan fingerprint density at radius 3 is 2.79 bits per heavy atom. The van der Waals surface area contributed by atoms with Crippen molar-refractivity contribution in [2.45, 2.75) is 46.3 Å². The first-order valence-electron chi connectivity index (χ1n) is 6.89. The van der Waals surface area contributed by atoms with Gasteiger partial charge in [-0.05, 0) is 34.1 Å². The van der Waals surface area contributed by atoms with Crippen LogP contribution < -0.4 is 5.32 Å². The monoisotopic (exact) mass is 269 g/mol. The molecule has 110 valence electrons. The number of anilines is 1. The minimum absolute atomic E-state index is 0.190. The van der Waals surface area contributed by atoms with E-state index in [2.05, 4.69) is 34.9 Å². The van der Waals surface area contributed by atoms with Crippen molar-refractivity contribution in [1.82, 2.24) is 9.55 Å². The minimum Gasteiger partial charge on any atom is -0.385 e. The molecule has 0 bridgehead atoms. The fourth-order valence-electron chi connectivity index (χ4n) is 2.07. The Bertz CT molecular complexity index is 375. The van der Waals surface area contributed by atoms with Crippen LogP contribution in [0.4, 0.5) is 5.95 Å². The fraction of sp³-hybridized carbons (Fsp3) is 0.786. The molecule has 0 fully saturated rings. The van der Waals surface area contributed by atoms with Crippen LogP contribution in [-0.2, 0) is 16.0 Å². The zero-order valence-electron chi connectivity index (χ0n) is 12.8. The summed E-state index contributed by atoms with van der Waals surface area (Å²) in [6, 6.07) is 0. The van der Waals surface area contributed by atoms with E-state index in [9.17, 15) is 0 Å². The van der Waals surface area contributed by atoms with Crippen molar-refractivity contribution in [3.8, 4) is 0 Å². The van der Waals surface area contributed by atoms with Crippen molar-refractivity contribution in [2.24, 2.45) is 0 Å². The summed E-state index contributed by atoms with van der Waals surface area (Å²) in [7, 11) is 1.72. The Kier molecular flexibility index (Phi) is 6.31. The van der Waals surface area contributed by atoms with Gasteiger partial charge in [0.15, 0.2) is 0 Å². The first-order chi connectivity index (χ1) is 8.98. The van der Waals surface area contributed by atoms with Crippen LogP contribution >= 0.6 is 0 Å². The van der Waals surface area contributed by atoms with Crippen molar-refractivity contribution in [3.05, 3.63) is 11.9 Å². The van der Waals surface area contributed by atoms with Crippen LogP contribution in [0.3, 0.4) is 0 Å². The molecule has 1 N–H and O–H groups in total. The van der Waals surface area contributed by atoms with Gasteiger partial charge >= 0.3 is 0 Å². The van der Waals surface area contributed by atoms with E-state index in [1.54, 1.807) is 7.11 Å². The molecule has 0 unspecified atom stereocenters. The van der Waals surface area contributed by atoms with Gasteiger partial charge in [-0.15, -0.1) is 0 Å². The van der Waals surface area contributed by atoms with Crippen LogP contribution in [0.25, 0.3) is 0 Å². The number of hydrogen-bond donors (Lipinski definition) is 1. The van der Waals surface area contributed by atoms with E-state index in [0.29, 0.717) is 0 Å². The van der Waals surface area contributed by atoms with E-state index in [1.807, 2.05) is 13.8 Å². The lowest BCUT2D eigenvalue weighted by atomic mass is 10.1. The van der Waals surface area contributed by atoms with Gasteiger partial charge in [0.05, 0.1) is 17.8 Å². The highest BCUT2D eigenvalue weighted by Gasteiger charge is 2.20. The average Bonchev–Trinajstić information content (AvgIpc) is 2.64. The van der Waals surface area contributed by atoms with Gasteiger partial charge in [-0.25, -0.2) is 4.98 Å². The highest BCUT2D eigenvalue weighted by molar-refractivity contribution is 5.28. The maximum Gasteiger partial charge on any atom is 0.203 e. The van der Waals surface area contributed by atoms with Gasteiger partial charge in [0.25, 0.3) is 0 Å². The van der Waals surface area contributed by atoms with Crippen LogP contribution in [0.5, 0.6) is 0 Å². The summed E-state index contributed by atoms with van der Waals surface area (Å²) in [6.07, 6.45) is 3.02. The summed E-state index contributed by atoms with van der Waals surface area (Å²) in [5.41, 5.74) is 0.826. The number of aryl methyl sites for hydroxylation is 1. The van der Waals surface area contributed by atoms with E-state index in [0.717, 1.165) is 44.4 Å². The van der Waals surface area contributed by atoms with E-state index in [1.165, 1.54) is 0 Å². The number of hydrogen-bond acceptors (Lipinski definition) is 4. The molecular weight excluding hydrogens is 242 g/mol. The van der Waals surface area contributed by atoms with Crippen LogP contribution in [0.2, 0.25) is 0 Å². The third-order valence-corrected chi connectivity index (χ3v) is 2.79. The molecule has 1 heterocycles. The van der Waals surface area contributed by atoms with E-state index < -0.39 is 0 Å². The lowest BCUT2D eigenvalue weighted by molar-refractivity contribution is -0.0220. The Hall–Kier alpha value is -1.07. The molecule has 0 radical (unpaired) electrons. The molecular formula is C14H27N3O2. The second kappa shape index (κ2) is 7.50. The van der Waals surface area contributed by atoms with Gasteiger partial charge in [0, 0.05) is 33.1 Å². The number of rotatable bonds is 9. The zero-order chi connectivity index (χ0) is 14.3. The molecule has 0 aliphatic rings. The Morgan fingerprint density at radius 2 is 2.16 bits per heavy atom. The van der Waals surface area contributed by atoms with Gasteiger partial charge in [0.2, 0.25) is 5.95 Å². The first-order valence-corrected chi connectivity index (χ1v) is 6.89. The number of aromatic nitrogens is 2. The second-order valence-electron chi connectivity index (χ2n) is 5.30. The third kappa shape index (κ3) is 5.61. The maximum absolute atomic E-state index is 5.74. The summed E-state index contributed by atoms with van der Waals surface area (Å²) in [5, 5.41) is 3.35. The topological polar surface area (TPSA) is 48.3 Å². The lowest BCUT2D eigenvalue weighted by Crippen LogP contribution is -2.31. The smallest absolute Gasteiger partial charge is 0.203 e. The van der Waals surface area contributed by atoms with Crippen molar-refractivity contribution < 1.29 is 9.47 Å². The number of nitrogens with zero attached hydrogens (tertiary/aromatic N) is 2. The molecule has 0 aromatic carbocycles. The van der Waals surface area contributed by atoms with Crippen molar-refractivity contribution in [1.29, 1.82) is 0 Å². The normalized spacial score (nSPS) is 11.8. The summed E-state index contributed by atoms with van der Waals surface area (Å²) in [6.45, 7) is 11.3. The molecule has 0 spiro atoms. The molecule has 0 atom stereocenters. The van der Waals surface area contributed by atoms with Gasteiger partial charge < -0.3 is 19.4 Å². The summed E-state index contributed by atoms with van der Waals surface area (Å²) >= 11 is 0. The predicted octanol–water partition coefficient (Wildman–Crippen LogP) is 2.46. The molecule has 0 aliphatic heterocycles. The summed E-state index contributed by atoms with van der Waals surface area (Å²) in [4.78, 5) is 4.51. The SMILES string of the molecule is CCOC(C)(C)Cn1cc(C)nc1NCCCOC. The average molecular weight is 269 g/mol. The molecule has 0 amide bonds. The van der Waals surface area contributed by atoms with Gasteiger partial charge in [0.1, 0.15) is 0 Å². The number of ether oxygens (including phenoxy) is 2. The lowest BCUT2D eigenvalue weighted by Gasteiger charge is -2.26. The molecule has 0 saturated heterocycles. The second-order valence-corrected chi connectivity index (χ2v) is 5.30. The van der Waals surface area contributed by atoms with Crippen molar-refractivity contribution in [2.75, 3.05) is 32.2 Å². The van der Waals surface area contributed by atoms with Crippen LogP contribution in [-0.4, -0.2) is 42.0 Å². The Labute approximate surface area is 116 Å². The van der Waals surface area contributed by atoms with E-state index in [-0.39, 0.29) is 5.60 Å².